The van der Waals surface area contributed by atoms with Gasteiger partial charge in [0.05, 0.1) is 6.04 Å². The van der Waals surface area contributed by atoms with E-state index in [2.05, 4.69) is 0 Å². The van der Waals surface area contributed by atoms with Gasteiger partial charge in [-0.3, -0.25) is 4.79 Å². The van der Waals surface area contributed by atoms with Gasteiger partial charge in [-0.1, -0.05) is 13.8 Å². The minimum atomic E-state index is -0.403. The van der Waals surface area contributed by atoms with Crippen LogP contribution in [0.25, 0.3) is 0 Å². The van der Waals surface area contributed by atoms with Crippen LogP contribution in [-0.2, 0) is 4.79 Å². The van der Waals surface area contributed by atoms with E-state index >= 15 is 0 Å². The number of hydrogen-bond donors (Lipinski definition) is 2. The number of nitrogens with two attached hydrogens (primary N) is 1. The summed E-state index contributed by atoms with van der Waals surface area (Å²) in [5.41, 5.74) is 5.90. The zero-order valence-corrected chi connectivity index (χ0v) is 10.4. The van der Waals surface area contributed by atoms with Crippen molar-refractivity contribution in [1.82, 2.24) is 4.90 Å². The second-order valence-electron chi connectivity index (χ2n) is 4.96. The van der Waals surface area contributed by atoms with Gasteiger partial charge in [-0.15, -0.1) is 0 Å². The SMILES string of the molecule is CC(C)C(N)C(=O)N(CCCO)C1CCC1. The molecule has 1 fully saturated rings. The van der Waals surface area contributed by atoms with Gasteiger partial charge in [0.2, 0.25) is 5.91 Å². The van der Waals surface area contributed by atoms with E-state index in [9.17, 15) is 4.79 Å². The van der Waals surface area contributed by atoms with Crippen LogP contribution in [0, 0.1) is 5.92 Å². The molecule has 0 aromatic rings. The van der Waals surface area contributed by atoms with Crippen molar-refractivity contribution in [3.63, 3.8) is 0 Å². The van der Waals surface area contributed by atoms with E-state index in [0.29, 0.717) is 19.0 Å². The summed E-state index contributed by atoms with van der Waals surface area (Å²) >= 11 is 0. The number of carbonyl (C=O) groups excluding carboxylic acids is 1. The summed E-state index contributed by atoms with van der Waals surface area (Å²) in [5, 5.41) is 8.85. The molecule has 4 nitrogen and oxygen atoms in total. The molecule has 1 saturated carbocycles. The normalized spacial score (nSPS) is 18.3. The highest BCUT2D eigenvalue weighted by atomic mass is 16.3. The van der Waals surface area contributed by atoms with E-state index < -0.39 is 6.04 Å². The van der Waals surface area contributed by atoms with Crippen LogP contribution in [0.1, 0.15) is 39.5 Å². The number of nitrogens with zero attached hydrogens (tertiary/aromatic N) is 1. The van der Waals surface area contributed by atoms with E-state index in [-0.39, 0.29) is 18.4 Å². The third kappa shape index (κ3) is 3.19. The zero-order valence-electron chi connectivity index (χ0n) is 10.4. The lowest BCUT2D eigenvalue weighted by Gasteiger charge is -2.39. The molecule has 4 heteroatoms. The second-order valence-corrected chi connectivity index (χ2v) is 4.96. The highest BCUT2D eigenvalue weighted by Gasteiger charge is 2.31. The topological polar surface area (TPSA) is 66.6 Å². The van der Waals surface area contributed by atoms with E-state index in [0.717, 1.165) is 12.8 Å². The Balaban J connectivity index is 2.56. The smallest absolute Gasteiger partial charge is 0.239 e. The number of rotatable bonds is 6. The summed E-state index contributed by atoms with van der Waals surface area (Å²) in [6.07, 6.45) is 4.02. The molecular formula is C12H24N2O2. The molecule has 0 bridgehead atoms. The minimum Gasteiger partial charge on any atom is -0.396 e. The van der Waals surface area contributed by atoms with Crippen molar-refractivity contribution < 1.29 is 9.90 Å². The molecule has 0 spiro atoms. The van der Waals surface area contributed by atoms with Crippen LogP contribution in [0.5, 0.6) is 0 Å². The number of aliphatic hydroxyl groups is 1. The van der Waals surface area contributed by atoms with Crippen LogP contribution in [0.4, 0.5) is 0 Å². The Morgan fingerprint density at radius 3 is 2.50 bits per heavy atom. The van der Waals surface area contributed by atoms with Gasteiger partial charge in [0.25, 0.3) is 0 Å². The average molecular weight is 228 g/mol. The maximum atomic E-state index is 12.1. The first-order valence-electron chi connectivity index (χ1n) is 6.24. The summed E-state index contributed by atoms with van der Waals surface area (Å²) in [6, 6.07) is -0.0388. The molecule has 3 N–H and O–H groups in total. The molecule has 1 aliphatic rings. The maximum absolute atomic E-state index is 12.1. The van der Waals surface area contributed by atoms with Crippen molar-refractivity contribution >= 4 is 5.91 Å². The summed E-state index contributed by atoms with van der Waals surface area (Å²) in [5.74, 6) is 0.220. The van der Waals surface area contributed by atoms with Crippen LogP contribution in [-0.4, -0.2) is 41.1 Å². The summed E-state index contributed by atoms with van der Waals surface area (Å²) in [6.45, 7) is 4.70. The number of amides is 1. The van der Waals surface area contributed by atoms with Gasteiger partial charge >= 0.3 is 0 Å². The lowest BCUT2D eigenvalue weighted by Crippen LogP contribution is -2.53. The first kappa shape index (κ1) is 13.5. The van der Waals surface area contributed by atoms with Gasteiger partial charge in [-0.05, 0) is 31.6 Å². The Morgan fingerprint density at radius 2 is 2.12 bits per heavy atom. The summed E-state index contributed by atoms with van der Waals surface area (Å²) in [7, 11) is 0. The predicted molar refractivity (Wildman–Crippen MR) is 63.9 cm³/mol. The molecule has 0 saturated heterocycles. The Labute approximate surface area is 97.8 Å². The zero-order chi connectivity index (χ0) is 12.1. The molecule has 16 heavy (non-hydrogen) atoms. The van der Waals surface area contributed by atoms with Gasteiger partial charge in [0, 0.05) is 19.2 Å². The van der Waals surface area contributed by atoms with Crippen molar-refractivity contribution in [2.24, 2.45) is 11.7 Å². The van der Waals surface area contributed by atoms with Crippen molar-refractivity contribution in [2.75, 3.05) is 13.2 Å². The summed E-state index contributed by atoms with van der Waals surface area (Å²) in [4.78, 5) is 14.0. The Morgan fingerprint density at radius 1 is 1.50 bits per heavy atom. The highest BCUT2D eigenvalue weighted by molar-refractivity contribution is 5.82. The molecule has 1 rings (SSSR count). The largest absolute Gasteiger partial charge is 0.396 e. The van der Waals surface area contributed by atoms with Gasteiger partial charge in [0.15, 0.2) is 0 Å². The summed E-state index contributed by atoms with van der Waals surface area (Å²) < 4.78 is 0. The number of aliphatic hydroxyl groups excluding tert-OH is 1. The van der Waals surface area contributed by atoms with Crippen LogP contribution in [0.3, 0.4) is 0 Å². The Bertz CT molecular complexity index is 227. The highest BCUT2D eigenvalue weighted by Crippen LogP contribution is 2.25. The van der Waals surface area contributed by atoms with Gasteiger partial charge in [0.1, 0.15) is 0 Å². The van der Waals surface area contributed by atoms with Crippen LogP contribution >= 0.6 is 0 Å². The fourth-order valence-corrected chi connectivity index (χ4v) is 1.89. The molecule has 1 aliphatic carbocycles. The van der Waals surface area contributed by atoms with Crippen molar-refractivity contribution in [3.8, 4) is 0 Å². The van der Waals surface area contributed by atoms with Crippen LogP contribution in [0.15, 0.2) is 0 Å². The third-order valence-corrected chi connectivity index (χ3v) is 3.36. The first-order chi connectivity index (χ1) is 7.57. The minimum absolute atomic E-state index is 0.0492. The fraction of sp³-hybridized carbons (Fsp3) is 0.917. The van der Waals surface area contributed by atoms with Crippen LogP contribution < -0.4 is 5.73 Å². The molecular weight excluding hydrogens is 204 g/mol. The molecule has 0 aromatic heterocycles. The van der Waals surface area contributed by atoms with Gasteiger partial charge in [-0.25, -0.2) is 0 Å². The second kappa shape index (κ2) is 6.21. The van der Waals surface area contributed by atoms with E-state index in [1.165, 1.54) is 6.42 Å². The average Bonchev–Trinajstić information content (AvgIpc) is 2.18. The van der Waals surface area contributed by atoms with Crippen molar-refractivity contribution in [2.45, 2.75) is 51.6 Å². The lowest BCUT2D eigenvalue weighted by atomic mass is 9.90. The maximum Gasteiger partial charge on any atom is 0.239 e. The molecule has 1 amide bonds. The van der Waals surface area contributed by atoms with E-state index in [4.69, 9.17) is 10.8 Å². The molecule has 0 radical (unpaired) electrons. The van der Waals surface area contributed by atoms with Crippen molar-refractivity contribution in [1.29, 1.82) is 0 Å². The monoisotopic (exact) mass is 228 g/mol. The number of hydrogen-bond acceptors (Lipinski definition) is 3. The predicted octanol–water partition coefficient (Wildman–Crippen LogP) is 0.733. The van der Waals surface area contributed by atoms with Gasteiger partial charge < -0.3 is 15.7 Å². The van der Waals surface area contributed by atoms with Crippen molar-refractivity contribution in [3.05, 3.63) is 0 Å². The van der Waals surface area contributed by atoms with Gasteiger partial charge in [-0.2, -0.15) is 0 Å². The Hall–Kier alpha value is -0.610. The molecule has 1 atom stereocenters. The molecule has 0 aromatic carbocycles. The van der Waals surface area contributed by atoms with E-state index in [1.54, 1.807) is 0 Å². The quantitative estimate of drug-likeness (QED) is 0.704. The lowest BCUT2D eigenvalue weighted by molar-refractivity contribution is -0.137. The molecule has 0 aliphatic heterocycles. The van der Waals surface area contributed by atoms with Crippen LogP contribution in [0.2, 0.25) is 0 Å². The Kier molecular flexibility index (Phi) is 5.22. The number of carbonyl (C=O) groups is 1. The standard InChI is InChI=1S/C12H24N2O2/c1-9(2)11(13)12(16)14(7-4-8-15)10-5-3-6-10/h9-11,15H,3-8,13H2,1-2H3. The van der Waals surface area contributed by atoms with E-state index in [1.807, 2.05) is 18.7 Å². The molecule has 0 heterocycles. The third-order valence-electron chi connectivity index (χ3n) is 3.36. The molecule has 94 valence electrons. The first-order valence-corrected chi connectivity index (χ1v) is 6.24. The molecule has 1 unspecified atom stereocenters. The fourth-order valence-electron chi connectivity index (χ4n) is 1.89.